The van der Waals surface area contributed by atoms with Gasteiger partial charge in [0.05, 0.1) is 18.7 Å². The fourth-order valence-corrected chi connectivity index (χ4v) is 2.64. The molecule has 0 bridgehead atoms. The molecule has 0 radical (unpaired) electrons. The largest absolute Gasteiger partial charge is 0.497 e. The Morgan fingerprint density at radius 2 is 2.30 bits per heavy atom. The van der Waals surface area contributed by atoms with E-state index in [0.29, 0.717) is 6.10 Å². The number of hydrogen-bond donors (Lipinski definition) is 1. The van der Waals surface area contributed by atoms with Crippen LogP contribution in [0.4, 0.5) is 5.69 Å². The summed E-state index contributed by atoms with van der Waals surface area (Å²) in [5.74, 6) is 0.850. The minimum atomic E-state index is 0.323. The van der Waals surface area contributed by atoms with E-state index in [1.807, 2.05) is 25.1 Å². The van der Waals surface area contributed by atoms with Crippen molar-refractivity contribution >= 4 is 16.6 Å². The first-order chi connectivity index (χ1) is 9.76. The summed E-state index contributed by atoms with van der Waals surface area (Å²) in [6.45, 7) is 3.74. The van der Waals surface area contributed by atoms with Gasteiger partial charge in [-0.15, -0.1) is 0 Å². The van der Waals surface area contributed by atoms with Gasteiger partial charge in [0, 0.05) is 29.9 Å². The summed E-state index contributed by atoms with van der Waals surface area (Å²) < 4.78 is 11.0. The van der Waals surface area contributed by atoms with E-state index in [0.717, 1.165) is 54.0 Å². The average molecular weight is 272 g/mol. The van der Waals surface area contributed by atoms with Crippen LogP contribution in [0.5, 0.6) is 5.75 Å². The monoisotopic (exact) mass is 272 g/mol. The first kappa shape index (κ1) is 13.2. The maximum atomic E-state index is 5.66. The molecule has 1 N–H and O–H groups in total. The number of fused-ring (bicyclic) bond motifs is 1. The third-order valence-electron chi connectivity index (χ3n) is 3.69. The lowest BCUT2D eigenvalue weighted by Crippen LogP contribution is -2.18. The minimum absolute atomic E-state index is 0.323. The van der Waals surface area contributed by atoms with Crippen LogP contribution < -0.4 is 10.1 Å². The van der Waals surface area contributed by atoms with E-state index in [1.54, 1.807) is 7.11 Å². The van der Waals surface area contributed by atoms with Crippen molar-refractivity contribution in [2.45, 2.75) is 25.9 Å². The minimum Gasteiger partial charge on any atom is -0.497 e. The molecule has 1 aromatic heterocycles. The molecule has 2 aromatic rings. The average Bonchev–Trinajstić information content (AvgIpc) is 2.97. The first-order valence-corrected chi connectivity index (χ1v) is 7.07. The maximum absolute atomic E-state index is 5.66. The highest BCUT2D eigenvalue weighted by Gasteiger charge is 2.15. The Labute approximate surface area is 119 Å². The molecule has 1 aliphatic rings. The molecule has 2 heterocycles. The van der Waals surface area contributed by atoms with Crippen LogP contribution in [0.2, 0.25) is 0 Å². The summed E-state index contributed by atoms with van der Waals surface area (Å²) in [7, 11) is 1.68. The molecule has 4 heteroatoms. The van der Waals surface area contributed by atoms with Crippen LogP contribution in [0, 0.1) is 6.92 Å². The molecule has 106 valence electrons. The van der Waals surface area contributed by atoms with Crippen LogP contribution in [0.15, 0.2) is 24.3 Å². The maximum Gasteiger partial charge on any atom is 0.119 e. The molecule has 0 amide bonds. The van der Waals surface area contributed by atoms with Crippen molar-refractivity contribution in [1.82, 2.24) is 4.98 Å². The smallest absolute Gasteiger partial charge is 0.119 e. The number of hydrogen-bond acceptors (Lipinski definition) is 4. The summed E-state index contributed by atoms with van der Waals surface area (Å²) in [6, 6.07) is 8.05. The van der Waals surface area contributed by atoms with E-state index in [1.165, 1.54) is 0 Å². The Bertz CT molecular complexity index is 607. The van der Waals surface area contributed by atoms with Gasteiger partial charge in [-0.2, -0.15) is 0 Å². The Morgan fingerprint density at radius 1 is 1.40 bits per heavy atom. The van der Waals surface area contributed by atoms with Crippen molar-refractivity contribution in [1.29, 1.82) is 0 Å². The second-order valence-electron chi connectivity index (χ2n) is 5.21. The summed E-state index contributed by atoms with van der Waals surface area (Å²) >= 11 is 0. The van der Waals surface area contributed by atoms with Gasteiger partial charge in [0.2, 0.25) is 0 Å². The molecule has 0 spiro atoms. The van der Waals surface area contributed by atoms with E-state index < -0.39 is 0 Å². The van der Waals surface area contributed by atoms with Crippen molar-refractivity contribution in [2.24, 2.45) is 0 Å². The molecule has 1 aliphatic heterocycles. The van der Waals surface area contributed by atoms with Gasteiger partial charge in [-0.3, -0.25) is 4.98 Å². The SMILES string of the molecule is COc1ccc2nc(C)cc(NCC3CCCO3)c2c1. The standard InChI is InChI=1S/C16H20N2O2/c1-11-8-16(17-10-13-4-3-7-20-13)14-9-12(19-2)5-6-15(14)18-11/h5-6,8-9,13H,3-4,7,10H2,1-2H3,(H,17,18). The Kier molecular flexibility index (Phi) is 3.74. The topological polar surface area (TPSA) is 43.4 Å². The molecule has 1 saturated heterocycles. The molecule has 4 nitrogen and oxygen atoms in total. The van der Waals surface area contributed by atoms with Crippen LogP contribution in [0.1, 0.15) is 18.5 Å². The second kappa shape index (κ2) is 5.67. The molecule has 20 heavy (non-hydrogen) atoms. The molecule has 1 fully saturated rings. The zero-order valence-corrected chi connectivity index (χ0v) is 12.0. The number of ether oxygens (including phenoxy) is 2. The van der Waals surface area contributed by atoms with E-state index in [9.17, 15) is 0 Å². The number of nitrogens with one attached hydrogen (secondary N) is 1. The number of methoxy groups -OCH3 is 1. The number of pyridine rings is 1. The van der Waals surface area contributed by atoms with Gasteiger partial charge in [-0.25, -0.2) is 0 Å². The van der Waals surface area contributed by atoms with Crippen LogP contribution in [0.3, 0.4) is 0 Å². The number of rotatable bonds is 4. The van der Waals surface area contributed by atoms with E-state index in [4.69, 9.17) is 9.47 Å². The number of aryl methyl sites for hydroxylation is 1. The van der Waals surface area contributed by atoms with Gasteiger partial charge >= 0.3 is 0 Å². The fraction of sp³-hybridized carbons (Fsp3) is 0.438. The molecule has 1 atom stereocenters. The number of anilines is 1. The quantitative estimate of drug-likeness (QED) is 0.928. The summed E-state index contributed by atoms with van der Waals surface area (Å²) in [5, 5.41) is 4.59. The number of aromatic nitrogens is 1. The van der Waals surface area contributed by atoms with Gasteiger partial charge in [0.1, 0.15) is 5.75 Å². The van der Waals surface area contributed by atoms with Crippen LogP contribution in [-0.4, -0.2) is 31.3 Å². The third kappa shape index (κ3) is 2.70. The van der Waals surface area contributed by atoms with Gasteiger partial charge < -0.3 is 14.8 Å². The molecule has 1 aromatic carbocycles. The van der Waals surface area contributed by atoms with Gasteiger partial charge in [-0.05, 0) is 44.0 Å². The number of nitrogens with zero attached hydrogens (tertiary/aromatic N) is 1. The van der Waals surface area contributed by atoms with Crippen LogP contribution in [-0.2, 0) is 4.74 Å². The normalized spacial score (nSPS) is 18.4. The lowest BCUT2D eigenvalue weighted by atomic mass is 10.1. The lowest BCUT2D eigenvalue weighted by molar-refractivity contribution is 0.120. The highest BCUT2D eigenvalue weighted by atomic mass is 16.5. The van der Waals surface area contributed by atoms with Gasteiger partial charge in [-0.1, -0.05) is 0 Å². The lowest BCUT2D eigenvalue weighted by Gasteiger charge is -2.15. The molecule has 1 unspecified atom stereocenters. The zero-order valence-electron chi connectivity index (χ0n) is 12.0. The Morgan fingerprint density at radius 3 is 3.05 bits per heavy atom. The van der Waals surface area contributed by atoms with Crippen molar-refractivity contribution in [3.8, 4) is 5.75 Å². The second-order valence-corrected chi connectivity index (χ2v) is 5.21. The molecule has 0 aliphatic carbocycles. The van der Waals surface area contributed by atoms with Crippen LogP contribution in [0.25, 0.3) is 10.9 Å². The predicted molar refractivity (Wildman–Crippen MR) is 80.5 cm³/mol. The predicted octanol–water partition coefficient (Wildman–Crippen LogP) is 3.14. The molecular formula is C16H20N2O2. The van der Waals surface area contributed by atoms with Crippen molar-refractivity contribution in [2.75, 3.05) is 25.6 Å². The number of benzene rings is 1. The summed E-state index contributed by atoms with van der Waals surface area (Å²) in [6.07, 6.45) is 2.62. The van der Waals surface area contributed by atoms with Gasteiger partial charge in [0.25, 0.3) is 0 Å². The first-order valence-electron chi connectivity index (χ1n) is 7.07. The highest BCUT2D eigenvalue weighted by Crippen LogP contribution is 2.27. The molecular weight excluding hydrogens is 252 g/mol. The summed E-state index contributed by atoms with van der Waals surface area (Å²) in [5.41, 5.74) is 3.10. The highest BCUT2D eigenvalue weighted by molar-refractivity contribution is 5.92. The third-order valence-corrected chi connectivity index (χ3v) is 3.69. The van der Waals surface area contributed by atoms with Crippen molar-refractivity contribution in [3.63, 3.8) is 0 Å². The Balaban J connectivity index is 1.90. The molecule has 0 saturated carbocycles. The van der Waals surface area contributed by atoms with E-state index in [-0.39, 0.29) is 0 Å². The van der Waals surface area contributed by atoms with Crippen molar-refractivity contribution in [3.05, 3.63) is 30.0 Å². The van der Waals surface area contributed by atoms with Gasteiger partial charge in [0.15, 0.2) is 0 Å². The summed E-state index contributed by atoms with van der Waals surface area (Å²) in [4.78, 5) is 4.56. The van der Waals surface area contributed by atoms with E-state index >= 15 is 0 Å². The van der Waals surface area contributed by atoms with Crippen molar-refractivity contribution < 1.29 is 9.47 Å². The van der Waals surface area contributed by atoms with E-state index in [2.05, 4.69) is 16.4 Å². The Hall–Kier alpha value is -1.81. The fourth-order valence-electron chi connectivity index (χ4n) is 2.64. The van der Waals surface area contributed by atoms with Crippen LogP contribution >= 0.6 is 0 Å². The molecule has 3 rings (SSSR count). The zero-order chi connectivity index (χ0) is 13.9.